The molecule has 1 aromatic carbocycles. The van der Waals surface area contributed by atoms with Crippen LogP contribution in [0.2, 0.25) is 0 Å². The molecule has 2 N–H and O–H groups in total. The third kappa shape index (κ3) is 2.89. The quantitative estimate of drug-likeness (QED) is 0.895. The predicted octanol–water partition coefficient (Wildman–Crippen LogP) is 1.53. The summed E-state index contributed by atoms with van der Waals surface area (Å²) >= 11 is 3.40. The minimum Gasteiger partial charge on any atom is -0.369 e. The topological polar surface area (TPSA) is 81.2 Å². The number of hydrogen-bond acceptors (Lipinski definition) is 3. The van der Waals surface area contributed by atoms with Crippen LogP contribution < -0.4 is 10.6 Å². The maximum Gasteiger partial charge on any atom is 0.229 e. The molecule has 2 aromatic rings. The first-order valence-corrected chi connectivity index (χ1v) is 7.70. The van der Waals surface area contributed by atoms with E-state index in [0.717, 1.165) is 10.0 Å². The van der Waals surface area contributed by atoms with Crippen molar-refractivity contribution in [2.45, 2.75) is 13.0 Å². The first-order chi connectivity index (χ1) is 10.5. The summed E-state index contributed by atoms with van der Waals surface area (Å²) in [6, 6.07) is 9.69. The second kappa shape index (κ2) is 5.92. The Kier molecular flexibility index (Phi) is 3.98. The Bertz CT molecular complexity index is 711. The van der Waals surface area contributed by atoms with Crippen molar-refractivity contribution in [2.24, 2.45) is 11.7 Å². The predicted molar refractivity (Wildman–Crippen MR) is 85.1 cm³/mol. The maximum atomic E-state index is 12.1. The summed E-state index contributed by atoms with van der Waals surface area (Å²) in [4.78, 5) is 25.0. The molecule has 1 unspecified atom stereocenters. The Morgan fingerprint density at radius 2 is 2.05 bits per heavy atom. The van der Waals surface area contributed by atoms with Crippen LogP contribution in [0.15, 0.2) is 41.0 Å². The van der Waals surface area contributed by atoms with Crippen molar-refractivity contribution in [3.8, 4) is 0 Å². The summed E-state index contributed by atoms with van der Waals surface area (Å²) in [5, 5.41) is 4.28. The number of carbonyl (C=O) groups excluding carboxylic acids is 2. The van der Waals surface area contributed by atoms with Gasteiger partial charge in [-0.2, -0.15) is 5.10 Å². The first-order valence-electron chi connectivity index (χ1n) is 6.90. The van der Waals surface area contributed by atoms with E-state index in [1.165, 1.54) is 0 Å². The third-order valence-electron chi connectivity index (χ3n) is 3.74. The van der Waals surface area contributed by atoms with Gasteiger partial charge in [0.15, 0.2) is 0 Å². The van der Waals surface area contributed by atoms with Crippen LogP contribution in [0, 0.1) is 5.92 Å². The van der Waals surface area contributed by atoms with E-state index in [4.69, 9.17) is 5.73 Å². The van der Waals surface area contributed by atoms with E-state index in [2.05, 4.69) is 21.0 Å². The third-order valence-corrected chi connectivity index (χ3v) is 4.27. The maximum absolute atomic E-state index is 12.1. The van der Waals surface area contributed by atoms with Gasteiger partial charge in [-0.15, -0.1) is 0 Å². The molecule has 1 fully saturated rings. The minimum absolute atomic E-state index is 0.0960. The molecule has 1 saturated heterocycles. The number of amides is 2. The first kappa shape index (κ1) is 14.8. The lowest BCUT2D eigenvalue weighted by molar-refractivity contribution is -0.123. The van der Waals surface area contributed by atoms with Crippen molar-refractivity contribution in [3.05, 3.63) is 46.6 Å². The highest BCUT2D eigenvalue weighted by molar-refractivity contribution is 9.10. The number of nitrogens with zero attached hydrogens (tertiary/aromatic N) is 3. The van der Waals surface area contributed by atoms with Crippen molar-refractivity contribution in [1.82, 2.24) is 9.78 Å². The molecular weight excluding hydrogens is 348 g/mol. The van der Waals surface area contributed by atoms with Gasteiger partial charge in [-0.25, -0.2) is 4.68 Å². The molecule has 1 aliphatic rings. The van der Waals surface area contributed by atoms with Crippen molar-refractivity contribution in [2.75, 3.05) is 11.4 Å². The Hall–Kier alpha value is -2.15. The standard InChI is InChI=1S/C15H15BrN4O2/c16-12-3-1-10(2-4-12)8-20-13(5-6-18-20)19-9-11(15(17)22)7-14(19)21/h1-6,11H,7-9H2,(H2,17,22). The van der Waals surface area contributed by atoms with Crippen LogP contribution in [0.25, 0.3) is 0 Å². The Morgan fingerprint density at radius 1 is 1.32 bits per heavy atom. The molecular formula is C15H15BrN4O2. The lowest BCUT2D eigenvalue weighted by Gasteiger charge is -2.17. The zero-order chi connectivity index (χ0) is 15.7. The summed E-state index contributed by atoms with van der Waals surface area (Å²) in [6.45, 7) is 0.876. The van der Waals surface area contributed by atoms with Crippen LogP contribution in [0.1, 0.15) is 12.0 Å². The Morgan fingerprint density at radius 3 is 2.68 bits per heavy atom. The molecule has 0 radical (unpaired) electrons. The summed E-state index contributed by atoms with van der Waals surface area (Å²) < 4.78 is 2.76. The van der Waals surface area contributed by atoms with Crippen LogP contribution >= 0.6 is 15.9 Å². The average molecular weight is 363 g/mol. The fourth-order valence-electron chi connectivity index (χ4n) is 2.56. The molecule has 2 heterocycles. The molecule has 1 aromatic heterocycles. The second-order valence-electron chi connectivity index (χ2n) is 5.28. The van der Waals surface area contributed by atoms with Gasteiger partial charge in [-0.3, -0.25) is 14.5 Å². The molecule has 0 aliphatic carbocycles. The number of hydrogen-bond donors (Lipinski definition) is 1. The Labute approximate surface area is 136 Å². The van der Waals surface area contributed by atoms with E-state index < -0.39 is 11.8 Å². The van der Waals surface area contributed by atoms with Crippen LogP contribution in [-0.4, -0.2) is 28.1 Å². The highest BCUT2D eigenvalue weighted by atomic mass is 79.9. The van der Waals surface area contributed by atoms with Crippen LogP contribution in [-0.2, 0) is 16.1 Å². The molecule has 22 heavy (non-hydrogen) atoms. The molecule has 6 nitrogen and oxygen atoms in total. The highest BCUT2D eigenvalue weighted by Gasteiger charge is 2.35. The van der Waals surface area contributed by atoms with E-state index in [1.54, 1.807) is 21.8 Å². The lowest BCUT2D eigenvalue weighted by Crippen LogP contribution is -2.30. The lowest BCUT2D eigenvalue weighted by atomic mass is 10.1. The largest absolute Gasteiger partial charge is 0.369 e. The molecule has 3 rings (SSSR count). The smallest absolute Gasteiger partial charge is 0.229 e. The van der Waals surface area contributed by atoms with E-state index in [9.17, 15) is 9.59 Å². The van der Waals surface area contributed by atoms with E-state index in [1.807, 2.05) is 24.3 Å². The fraction of sp³-hybridized carbons (Fsp3) is 0.267. The number of aromatic nitrogens is 2. The zero-order valence-corrected chi connectivity index (χ0v) is 13.4. The summed E-state index contributed by atoms with van der Waals surface area (Å²) in [6.07, 6.45) is 1.82. The summed E-state index contributed by atoms with van der Waals surface area (Å²) in [7, 11) is 0. The zero-order valence-electron chi connectivity index (χ0n) is 11.8. The van der Waals surface area contributed by atoms with Gasteiger partial charge in [0.25, 0.3) is 0 Å². The number of rotatable bonds is 4. The van der Waals surface area contributed by atoms with Crippen molar-refractivity contribution in [1.29, 1.82) is 0 Å². The van der Waals surface area contributed by atoms with Crippen LogP contribution in [0.3, 0.4) is 0 Å². The van der Waals surface area contributed by atoms with E-state index >= 15 is 0 Å². The number of primary amides is 1. The molecule has 114 valence electrons. The van der Waals surface area contributed by atoms with E-state index in [-0.39, 0.29) is 12.3 Å². The molecule has 7 heteroatoms. The summed E-state index contributed by atoms with van der Waals surface area (Å²) in [5.74, 6) is -0.267. The van der Waals surface area contributed by atoms with Crippen molar-refractivity contribution < 1.29 is 9.59 Å². The number of halogens is 1. The normalized spacial score (nSPS) is 18.0. The van der Waals surface area contributed by atoms with E-state index in [0.29, 0.717) is 18.9 Å². The molecule has 1 atom stereocenters. The van der Waals surface area contributed by atoms with Gasteiger partial charge in [-0.05, 0) is 17.7 Å². The van der Waals surface area contributed by atoms with Gasteiger partial charge < -0.3 is 5.73 Å². The molecule has 2 amide bonds. The fourth-order valence-corrected chi connectivity index (χ4v) is 2.82. The minimum atomic E-state index is -0.435. The number of benzene rings is 1. The SMILES string of the molecule is NC(=O)C1CC(=O)N(c2ccnn2Cc2ccc(Br)cc2)C1. The van der Waals surface area contributed by atoms with Gasteiger partial charge in [0.2, 0.25) is 11.8 Å². The monoisotopic (exact) mass is 362 g/mol. The Balaban J connectivity index is 1.82. The van der Waals surface area contributed by atoms with Gasteiger partial charge in [0.1, 0.15) is 5.82 Å². The van der Waals surface area contributed by atoms with Gasteiger partial charge in [0, 0.05) is 23.5 Å². The number of anilines is 1. The van der Waals surface area contributed by atoms with Gasteiger partial charge >= 0.3 is 0 Å². The van der Waals surface area contributed by atoms with Crippen molar-refractivity contribution in [3.63, 3.8) is 0 Å². The summed E-state index contributed by atoms with van der Waals surface area (Å²) in [5.41, 5.74) is 6.38. The van der Waals surface area contributed by atoms with Gasteiger partial charge in [0.05, 0.1) is 18.7 Å². The van der Waals surface area contributed by atoms with Crippen LogP contribution in [0.4, 0.5) is 5.82 Å². The van der Waals surface area contributed by atoms with Crippen LogP contribution in [0.5, 0.6) is 0 Å². The molecule has 0 bridgehead atoms. The molecule has 0 spiro atoms. The highest BCUT2D eigenvalue weighted by Crippen LogP contribution is 2.25. The van der Waals surface area contributed by atoms with Gasteiger partial charge in [-0.1, -0.05) is 28.1 Å². The average Bonchev–Trinajstić information content (AvgIpc) is 3.07. The molecule has 0 saturated carbocycles. The van der Waals surface area contributed by atoms with Crippen molar-refractivity contribution >= 4 is 33.6 Å². The molecule has 1 aliphatic heterocycles. The number of carbonyl (C=O) groups is 2. The number of nitrogens with two attached hydrogens (primary N) is 1. The second-order valence-corrected chi connectivity index (χ2v) is 6.20.